The Kier molecular flexibility index (Phi) is 3.39. The first kappa shape index (κ1) is 13.6. The van der Waals surface area contributed by atoms with Crippen molar-refractivity contribution in [3.8, 4) is 0 Å². The highest BCUT2D eigenvalue weighted by Gasteiger charge is 2.45. The Morgan fingerprint density at radius 1 is 1.24 bits per heavy atom. The van der Waals surface area contributed by atoms with Crippen LogP contribution in [-0.2, 0) is 9.59 Å². The lowest BCUT2D eigenvalue weighted by atomic mass is 10.1. The van der Waals surface area contributed by atoms with Gasteiger partial charge in [0.15, 0.2) is 4.75 Å². The number of nitrogens with one attached hydrogen (secondary N) is 2. The Morgan fingerprint density at radius 3 is 2.71 bits per heavy atom. The Hall–Kier alpha value is -2.34. The summed E-state index contributed by atoms with van der Waals surface area (Å²) < 4.78 is -1.21. The van der Waals surface area contributed by atoms with Crippen LogP contribution in [0.25, 0.3) is 0 Å². The monoisotopic (exact) mass is 299 g/mol. The molecule has 2 N–H and O–H groups in total. The van der Waals surface area contributed by atoms with Gasteiger partial charge in [-0.25, -0.2) is 0 Å². The summed E-state index contributed by atoms with van der Waals surface area (Å²) in [5, 5.41) is 5.54. The van der Waals surface area contributed by atoms with Crippen molar-refractivity contribution in [2.24, 2.45) is 0 Å². The van der Waals surface area contributed by atoms with Crippen LogP contribution in [-0.4, -0.2) is 21.5 Å². The van der Waals surface area contributed by atoms with Crippen molar-refractivity contribution in [1.82, 2.24) is 4.98 Å². The van der Waals surface area contributed by atoms with Gasteiger partial charge in [0.2, 0.25) is 11.8 Å². The van der Waals surface area contributed by atoms with Gasteiger partial charge in [-0.2, -0.15) is 0 Å². The smallest absolute Gasteiger partial charge is 0.250 e. The van der Waals surface area contributed by atoms with E-state index in [4.69, 9.17) is 0 Å². The molecule has 1 atom stereocenters. The second-order valence-corrected chi connectivity index (χ2v) is 6.24. The second kappa shape index (κ2) is 5.21. The molecule has 0 saturated heterocycles. The minimum Gasteiger partial charge on any atom is -0.324 e. The lowest BCUT2D eigenvalue weighted by Gasteiger charge is -2.31. The number of rotatable bonds is 2. The minimum absolute atomic E-state index is 0.322. The average molecular weight is 299 g/mol. The summed E-state index contributed by atoms with van der Waals surface area (Å²) in [6, 6.07) is 10.8. The molecule has 6 heteroatoms. The Bertz CT molecular complexity index is 705. The van der Waals surface area contributed by atoms with E-state index in [0.29, 0.717) is 5.69 Å². The summed E-state index contributed by atoms with van der Waals surface area (Å²) in [6.45, 7) is 1.62. The third kappa shape index (κ3) is 2.50. The highest BCUT2D eigenvalue weighted by Crippen LogP contribution is 2.42. The van der Waals surface area contributed by atoms with Crippen molar-refractivity contribution in [3.05, 3.63) is 48.8 Å². The van der Waals surface area contributed by atoms with Crippen LogP contribution in [0.2, 0.25) is 0 Å². The molecule has 0 spiro atoms. The third-order valence-electron chi connectivity index (χ3n) is 3.25. The van der Waals surface area contributed by atoms with Crippen LogP contribution >= 0.6 is 11.8 Å². The molecule has 1 aromatic heterocycles. The molecule has 0 radical (unpaired) electrons. The molecule has 106 valence electrons. The Morgan fingerprint density at radius 2 is 1.95 bits per heavy atom. The fraction of sp³-hybridized carbons (Fsp3) is 0.133. The SMILES string of the molecule is CC1(C(=O)Nc2ccncc2)Sc2ccccc2NC1=O. The quantitative estimate of drug-likeness (QED) is 0.836. The first-order chi connectivity index (χ1) is 10.1. The van der Waals surface area contributed by atoms with Crippen molar-refractivity contribution >= 4 is 35.0 Å². The van der Waals surface area contributed by atoms with Gasteiger partial charge in [0.25, 0.3) is 0 Å². The molecule has 1 aliphatic heterocycles. The fourth-order valence-electron chi connectivity index (χ4n) is 2.00. The first-order valence-electron chi connectivity index (χ1n) is 6.40. The summed E-state index contributed by atoms with van der Waals surface area (Å²) in [4.78, 5) is 29.6. The van der Waals surface area contributed by atoms with Gasteiger partial charge >= 0.3 is 0 Å². The van der Waals surface area contributed by atoms with Crippen LogP contribution < -0.4 is 10.6 Å². The normalized spacial score (nSPS) is 20.3. The van der Waals surface area contributed by atoms with Crippen molar-refractivity contribution in [3.63, 3.8) is 0 Å². The van der Waals surface area contributed by atoms with Crippen molar-refractivity contribution in [2.75, 3.05) is 10.6 Å². The average Bonchev–Trinajstić information content (AvgIpc) is 2.49. The van der Waals surface area contributed by atoms with Crippen LogP contribution in [0.15, 0.2) is 53.7 Å². The Balaban J connectivity index is 1.87. The number of anilines is 2. The summed E-state index contributed by atoms with van der Waals surface area (Å²) in [5.74, 6) is -0.677. The maximum absolute atomic E-state index is 12.5. The van der Waals surface area contributed by atoms with Crippen LogP contribution in [0.3, 0.4) is 0 Å². The third-order valence-corrected chi connectivity index (χ3v) is 4.61. The predicted molar refractivity (Wildman–Crippen MR) is 82.2 cm³/mol. The van der Waals surface area contributed by atoms with Crippen molar-refractivity contribution in [2.45, 2.75) is 16.6 Å². The van der Waals surface area contributed by atoms with E-state index in [0.717, 1.165) is 10.6 Å². The van der Waals surface area contributed by atoms with Gasteiger partial charge in [-0.3, -0.25) is 14.6 Å². The molecule has 0 saturated carbocycles. The molecular weight excluding hydrogens is 286 g/mol. The number of carbonyl (C=O) groups excluding carboxylic acids is 2. The molecule has 1 aliphatic rings. The number of thioether (sulfide) groups is 1. The molecule has 5 nitrogen and oxygen atoms in total. The van der Waals surface area contributed by atoms with Crippen molar-refractivity contribution < 1.29 is 9.59 Å². The van der Waals surface area contributed by atoms with Crippen LogP contribution in [0, 0.1) is 0 Å². The number of fused-ring (bicyclic) bond motifs is 1. The molecule has 2 heterocycles. The topological polar surface area (TPSA) is 71.1 Å². The highest BCUT2D eigenvalue weighted by molar-refractivity contribution is 8.02. The molecule has 2 amide bonds. The largest absolute Gasteiger partial charge is 0.324 e. The summed E-state index contributed by atoms with van der Waals surface area (Å²) in [5.41, 5.74) is 1.35. The zero-order chi connectivity index (χ0) is 14.9. The molecule has 0 bridgehead atoms. The van der Waals surface area contributed by atoms with E-state index in [1.54, 1.807) is 31.5 Å². The van der Waals surface area contributed by atoms with Crippen LogP contribution in [0.4, 0.5) is 11.4 Å². The van der Waals surface area contributed by atoms with E-state index >= 15 is 0 Å². The van der Waals surface area contributed by atoms with Gasteiger partial charge < -0.3 is 10.6 Å². The van der Waals surface area contributed by atoms with Gasteiger partial charge in [-0.1, -0.05) is 23.9 Å². The number of hydrogen-bond donors (Lipinski definition) is 2. The zero-order valence-corrected chi connectivity index (χ0v) is 12.1. The van der Waals surface area contributed by atoms with Crippen LogP contribution in [0.5, 0.6) is 0 Å². The highest BCUT2D eigenvalue weighted by atomic mass is 32.2. The van der Waals surface area contributed by atoms with E-state index in [9.17, 15) is 9.59 Å². The van der Waals surface area contributed by atoms with Gasteiger partial charge in [0.05, 0.1) is 5.69 Å². The minimum atomic E-state index is -1.21. The number of hydrogen-bond acceptors (Lipinski definition) is 4. The molecule has 0 fully saturated rings. The first-order valence-corrected chi connectivity index (χ1v) is 7.22. The summed E-state index contributed by atoms with van der Waals surface area (Å²) in [6.07, 6.45) is 3.17. The summed E-state index contributed by atoms with van der Waals surface area (Å²) in [7, 11) is 0. The lowest BCUT2D eigenvalue weighted by molar-refractivity contribution is -0.126. The number of aromatic nitrogens is 1. The maximum atomic E-state index is 12.5. The number of nitrogens with zero attached hydrogens (tertiary/aromatic N) is 1. The van der Waals surface area contributed by atoms with E-state index in [1.165, 1.54) is 11.8 Å². The molecule has 21 heavy (non-hydrogen) atoms. The molecule has 1 unspecified atom stereocenters. The zero-order valence-electron chi connectivity index (χ0n) is 11.3. The fourth-order valence-corrected chi connectivity index (χ4v) is 3.10. The number of carbonyl (C=O) groups is 2. The molecule has 1 aromatic carbocycles. The van der Waals surface area contributed by atoms with Gasteiger partial charge in [0.1, 0.15) is 0 Å². The molecular formula is C15H13N3O2S. The predicted octanol–water partition coefficient (Wildman–Crippen LogP) is 2.52. The Labute approximate surface area is 126 Å². The lowest BCUT2D eigenvalue weighted by Crippen LogP contribution is -2.49. The number of amides is 2. The van der Waals surface area contributed by atoms with Crippen molar-refractivity contribution in [1.29, 1.82) is 0 Å². The van der Waals surface area contributed by atoms with Gasteiger partial charge in [0, 0.05) is 23.0 Å². The second-order valence-electron chi connectivity index (χ2n) is 4.78. The van der Waals surface area contributed by atoms with E-state index in [2.05, 4.69) is 15.6 Å². The number of para-hydroxylation sites is 1. The maximum Gasteiger partial charge on any atom is 0.250 e. The molecule has 3 rings (SSSR count). The van der Waals surface area contributed by atoms with E-state index < -0.39 is 4.75 Å². The van der Waals surface area contributed by atoms with E-state index in [-0.39, 0.29) is 11.8 Å². The molecule has 0 aliphatic carbocycles. The van der Waals surface area contributed by atoms with E-state index in [1.807, 2.05) is 24.3 Å². The number of pyridine rings is 1. The summed E-state index contributed by atoms with van der Waals surface area (Å²) >= 11 is 1.26. The van der Waals surface area contributed by atoms with Crippen LogP contribution in [0.1, 0.15) is 6.92 Å². The van der Waals surface area contributed by atoms with Gasteiger partial charge in [-0.05, 0) is 31.2 Å². The standard InChI is InChI=1S/C15H13N3O2S/c1-15(13(19)17-10-6-8-16-9-7-10)14(20)18-11-4-2-3-5-12(11)21-15/h2-9H,1H3,(H,18,20)(H,16,17,19). The van der Waals surface area contributed by atoms with Gasteiger partial charge in [-0.15, -0.1) is 0 Å². The number of benzene rings is 1. The molecule has 2 aromatic rings.